The fourth-order valence-corrected chi connectivity index (χ4v) is 3.13. The van der Waals surface area contributed by atoms with E-state index in [0.717, 1.165) is 40.2 Å². The molecule has 0 saturated heterocycles. The third kappa shape index (κ3) is 3.16. The lowest BCUT2D eigenvalue weighted by atomic mass is 10.1. The molecule has 2 rings (SSSR count). The van der Waals surface area contributed by atoms with Crippen molar-refractivity contribution in [1.29, 1.82) is 0 Å². The Morgan fingerprint density at radius 3 is 2.65 bits per heavy atom. The Labute approximate surface area is 104 Å². The van der Waals surface area contributed by atoms with Crippen LogP contribution in [0.1, 0.15) is 24.8 Å². The van der Waals surface area contributed by atoms with E-state index < -0.39 is 10.8 Å². The second kappa shape index (κ2) is 5.45. The minimum atomic E-state index is -1.09. The second-order valence-corrected chi connectivity index (χ2v) is 5.88. The van der Waals surface area contributed by atoms with Crippen LogP contribution >= 0.6 is 0 Å². The molecule has 1 heterocycles. The van der Waals surface area contributed by atoms with E-state index in [1.165, 1.54) is 0 Å². The summed E-state index contributed by atoms with van der Waals surface area (Å²) in [6.45, 7) is 2.56. The van der Waals surface area contributed by atoms with Gasteiger partial charge in [0.2, 0.25) is 0 Å². The van der Waals surface area contributed by atoms with Gasteiger partial charge in [0, 0.05) is 17.7 Å². The maximum absolute atomic E-state index is 12.1. The molecule has 1 aromatic carbocycles. The molecule has 1 aliphatic heterocycles. The van der Waals surface area contributed by atoms with Crippen LogP contribution < -0.4 is 0 Å². The van der Waals surface area contributed by atoms with Crippen molar-refractivity contribution in [2.45, 2.75) is 31.1 Å². The summed E-state index contributed by atoms with van der Waals surface area (Å²) >= 11 is 0. The highest BCUT2D eigenvalue weighted by Crippen LogP contribution is 2.12. The summed E-state index contributed by atoms with van der Waals surface area (Å²) in [5.41, 5.74) is 1.94. The van der Waals surface area contributed by atoms with Gasteiger partial charge in [0.25, 0.3) is 0 Å². The van der Waals surface area contributed by atoms with Gasteiger partial charge in [-0.3, -0.25) is 4.21 Å². The van der Waals surface area contributed by atoms with Gasteiger partial charge in [0.1, 0.15) is 5.75 Å². The first-order valence-electron chi connectivity index (χ1n) is 5.91. The van der Waals surface area contributed by atoms with Gasteiger partial charge >= 0.3 is 0 Å². The van der Waals surface area contributed by atoms with Crippen LogP contribution in [-0.4, -0.2) is 27.0 Å². The average Bonchev–Trinajstić information content (AvgIpc) is 2.33. The second-order valence-electron chi connectivity index (χ2n) is 4.43. The van der Waals surface area contributed by atoms with Gasteiger partial charge in [0.05, 0.1) is 10.8 Å². The van der Waals surface area contributed by atoms with Crippen molar-refractivity contribution in [2.24, 2.45) is 0 Å². The lowest BCUT2D eigenvalue weighted by Gasteiger charge is -2.15. The lowest BCUT2D eigenvalue weighted by Crippen LogP contribution is -2.26. The highest BCUT2D eigenvalue weighted by Gasteiger charge is 2.18. The van der Waals surface area contributed by atoms with E-state index in [1.807, 2.05) is 31.2 Å². The zero-order chi connectivity index (χ0) is 12.3. The standard InChI is InChI=1S/C13H17NO2S/c1-11-5-7-13(8-6-11)17(16)10-12-4-2-3-9-14(12)15/h5-8H,2-4,9-10H2,1H3. The molecule has 92 valence electrons. The summed E-state index contributed by atoms with van der Waals surface area (Å²) in [6, 6.07) is 7.66. The average molecular weight is 251 g/mol. The molecular weight excluding hydrogens is 234 g/mol. The van der Waals surface area contributed by atoms with Gasteiger partial charge in [-0.1, -0.05) is 17.7 Å². The van der Waals surface area contributed by atoms with E-state index >= 15 is 0 Å². The fraction of sp³-hybridized carbons (Fsp3) is 0.462. The van der Waals surface area contributed by atoms with Gasteiger partial charge in [-0.15, -0.1) is 0 Å². The number of rotatable bonds is 3. The molecule has 4 heteroatoms. The molecule has 17 heavy (non-hydrogen) atoms. The molecule has 0 fully saturated rings. The summed E-state index contributed by atoms with van der Waals surface area (Å²) in [6.07, 6.45) is 2.78. The van der Waals surface area contributed by atoms with Gasteiger partial charge < -0.3 is 5.21 Å². The van der Waals surface area contributed by atoms with Crippen LogP contribution in [0, 0.1) is 12.1 Å². The van der Waals surface area contributed by atoms with Gasteiger partial charge in [-0.2, -0.15) is 0 Å². The largest absolute Gasteiger partial charge is 0.624 e. The molecule has 0 amide bonds. The molecule has 1 aliphatic rings. The van der Waals surface area contributed by atoms with E-state index in [4.69, 9.17) is 0 Å². The van der Waals surface area contributed by atoms with Crippen LogP contribution in [0.25, 0.3) is 0 Å². The summed E-state index contributed by atoms with van der Waals surface area (Å²) in [7, 11) is -1.09. The van der Waals surface area contributed by atoms with Crippen molar-refractivity contribution in [3.8, 4) is 0 Å². The molecule has 0 aliphatic carbocycles. The molecule has 0 radical (unpaired) electrons. The number of aryl methyl sites for hydroxylation is 1. The minimum absolute atomic E-state index is 0.382. The highest BCUT2D eigenvalue weighted by molar-refractivity contribution is 7.85. The van der Waals surface area contributed by atoms with Crippen molar-refractivity contribution in [2.75, 3.05) is 12.3 Å². The third-order valence-electron chi connectivity index (χ3n) is 3.01. The first kappa shape index (κ1) is 12.3. The maximum Gasteiger partial charge on any atom is 0.176 e. The van der Waals surface area contributed by atoms with Crippen LogP contribution in [-0.2, 0) is 10.8 Å². The van der Waals surface area contributed by atoms with E-state index in [1.54, 1.807) is 0 Å². The number of nitrogens with zero attached hydrogens (tertiary/aromatic N) is 1. The van der Waals surface area contributed by atoms with Crippen molar-refractivity contribution in [3.05, 3.63) is 35.0 Å². The summed E-state index contributed by atoms with van der Waals surface area (Å²) in [5, 5.41) is 11.6. The SMILES string of the molecule is Cc1ccc(S(=O)CC2=[N+]([O-])CCCC2)cc1. The Bertz CT molecular complexity index is 451. The van der Waals surface area contributed by atoms with Gasteiger partial charge in [-0.05, 0) is 25.5 Å². The molecule has 1 atom stereocenters. The number of benzene rings is 1. The van der Waals surface area contributed by atoms with Crippen LogP contribution in [0.3, 0.4) is 0 Å². The van der Waals surface area contributed by atoms with Crippen LogP contribution in [0.4, 0.5) is 0 Å². The van der Waals surface area contributed by atoms with Crippen molar-refractivity contribution in [1.82, 2.24) is 0 Å². The zero-order valence-corrected chi connectivity index (χ0v) is 10.8. The maximum atomic E-state index is 12.1. The zero-order valence-electron chi connectivity index (χ0n) is 10.0. The molecule has 0 spiro atoms. The quantitative estimate of drug-likeness (QED) is 0.611. The Morgan fingerprint density at radius 1 is 1.29 bits per heavy atom. The fourth-order valence-electron chi connectivity index (χ4n) is 1.94. The monoisotopic (exact) mass is 251 g/mol. The van der Waals surface area contributed by atoms with Crippen LogP contribution in [0.15, 0.2) is 29.2 Å². The number of hydrogen-bond acceptors (Lipinski definition) is 2. The van der Waals surface area contributed by atoms with E-state index in [9.17, 15) is 9.42 Å². The van der Waals surface area contributed by atoms with E-state index in [0.29, 0.717) is 12.3 Å². The molecule has 1 aromatic rings. The first-order valence-corrected chi connectivity index (χ1v) is 7.23. The summed E-state index contributed by atoms with van der Waals surface area (Å²) < 4.78 is 13.1. The van der Waals surface area contributed by atoms with Crippen molar-refractivity contribution in [3.63, 3.8) is 0 Å². The number of hydrogen-bond donors (Lipinski definition) is 0. The van der Waals surface area contributed by atoms with E-state index in [2.05, 4.69) is 0 Å². The molecular formula is C13H17NO2S. The Balaban J connectivity index is 2.09. The molecule has 1 unspecified atom stereocenters. The predicted molar refractivity (Wildman–Crippen MR) is 69.8 cm³/mol. The van der Waals surface area contributed by atoms with Crippen LogP contribution in [0.5, 0.6) is 0 Å². The molecule has 0 N–H and O–H groups in total. The van der Waals surface area contributed by atoms with Gasteiger partial charge in [0.15, 0.2) is 12.3 Å². The lowest BCUT2D eigenvalue weighted by molar-refractivity contribution is -0.464. The van der Waals surface area contributed by atoms with Crippen molar-refractivity contribution >= 4 is 16.5 Å². The molecule has 0 saturated carbocycles. The minimum Gasteiger partial charge on any atom is -0.624 e. The first-order chi connectivity index (χ1) is 8.16. The summed E-state index contributed by atoms with van der Waals surface area (Å²) in [5.74, 6) is 0.382. The van der Waals surface area contributed by atoms with E-state index in [-0.39, 0.29) is 0 Å². The Morgan fingerprint density at radius 2 is 2.00 bits per heavy atom. The highest BCUT2D eigenvalue weighted by atomic mass is 32.2. The molecule has 3 nitrogen and oxygen atoms in total. The van der Waals surface area contributed by atoms with Gasteiger partial charge in [-0.25, -0.2) is 4.74 Å². The predicted octanol–water partition coefficient (Wildman–Crippen LogP) is 2.24. The summed E-state index contributed by atoms with van der Waals surface area (Å²) in [4.78, 5) is 0.807. The molecule has 0 bridgehead atoms. The normalized spacial score (nSPS) is 18.2. The number of hydroxylamine groups is 1. The Hall–Kier alpha value is -1.16. The molecule has 0 aromatic heterocycles. The Kier molecular flexibility index (Phi) is 3.94. The third-order valence-corrected chi connectivity index (χ3v) is 4.40. The van der Waals surface area contributed by atoms with Crippen molar-refractivity contribution < 1.29 is 8.95 Å². The smallest absolute Gasteiger partial charge is 0.176 e. The topological polar surface area (TPSA) is 43.1 Å². The van der Waals surface area contributed by atoms with Crippen LogP contribution in [0.2, 0.25) is 0 Å².